The molecule has 0 N–H and O–H groups in total. The minimum absolute atomic E-state index is 0.238. The second kappa shape index (κ2) is 8.55. The zero-order valence-corrected chi connectivity index (χ0v) is 17.0. The van der Waals surface area contributed by atoms with Gasteiger partial charge >= 0.3 is 0 Å². The van der Waals surface area contributed by atoms with Crippen LogP contribution in [0.5, 0.6) is 0 Å². The topological polar surface area (TPSA) is 52.8 Å². The highest BCUT2D eigenvalue weighted by Crippen LogP contribution is 2.43. The van der Waals surface area contributed by atoms with Crippen LogP contribution in [-0.4, -0.2) is 14.9 Å². The van der Waals surface area contributed by atoms with Crippen LogP contribution in [0.15, 0.2) is 60.9 Å². The quantitative estimate of drug-likeness (QED) is 0.603. The number of pyridine rings is 2. The summed E-state index contributed by atoms with van der Waals surface area (Å²) in [6.45, 7) is 5.07. The first kappa shape index (κ1) is 19.3. The molecule has 0 spiro atoms. The van der Waals surface area contributed by atoms with E-state index < -0.39 is 0 Å². The molecular weight excluding hydrogens is 356 g/mol. The molecule has 4 nitrogen and oxygen atoms in total. The molecule has 1 aliphatic rings. The van der Waals surface area contributed by atoms with E-state index in [-0.39, 0.29) is 12.1 Å². The Kier molecular flexibility index (Phi) is 5.69. The largest absolute Gasteiger partial charge is 0.282 e. The first-order valence-electron chi connectivity index (χ1n) is 10.2. The first-order chi connectivity index (χ1) is 14.2. The molecule has 2 aromatic heterocycles. The number of likely N-dealkylation sites (tertiary alicyclic amines) is 1. The summed E-state index contributed by atoms with van der Waals surface area (Å²) in [5.41, 5.74) is 6.63. The first-order valence-corrected chi connectivity index (χ1v) is 10.2. The predicted octanol–water partition coefficient (Wildman–Crippen LogP) is 5.43. The zero-order chi connectivity index (χ0) is 20.2. The normalized spacial score (nSPS) is 19.6. The third-order valence-electron chi connectivity index (χ3n) is 5.91. The summed E-state index contributed by atoms with van der Waals surface area (Å²) >= 11 is 0. The number of rotatable bonds is 4. The molecule has 0 aliphatic carbocycles. The van der Waals surface area contributed by atoms with E-state index in [2.05, 4.69) is 43.0 Å². The summed E-state index contributed by atoms with van der Waals surface area (Å²) in [4.78, 5) is 12.1. The van der Waals surface area contributed by atoms with Gasteiger partial charge in [0.05, 0.1) is 35.1 Å². The van der Waals surface area contributed by atoms with Gasteiger partial charge in [-0.1, -0.05) is 24.3 Å². The van der Waals surface area contributed by atoms with Crippen molar-refractivity contribution in [3.8, 4) is 6.07 Å². The third kappa shape index (κ3) is 4.06. The van der Waals surface area contributed by atoms with Gasteiger partial charge in [-0.05, 0) is 74.1 Å². The van der Waals surface area contributed by atoms with Crippen LogP contribution in [0.25, 0.3) is 0 Å². The minimum atomic E-state index is 0.238. The number of nitriles is 1. The highest BCUT2D eigenvalue weighted by atomic mass is 15.2. The Bertz CT molecular complexity index is 983. The van der Waals surface area contributed by atoms with E-state index in [0.29, 0.717) is 5.56 Å². The van der Waals surface area contributed by atoms with E-state index in [4.69, 9.17) is 9.97 Å². The van der Waals surface area contributed by atoms with Gasteiger partial charge in [0, 0.05) is 18.9 Å². The fourth-order valence-corrected chi connectivity index (χ4v) is 4.50. The van der Waals surface area contributed by atoms with E-state index in [9.17, 15) is 5.26 Å². The summed E-state index contributed by atoms with van der Waals surface area (Å²) in [6.07, 6.45) is 7.10. The maximum absolute atomic E-state index is 9.32. The molecule has 2 unspecified atom stereocenters. The summed E-state index contributed by atoms with van der Waals surface area (Å²) in [5.74, 6) is 0. The fraction of sp³-hybridized carbons (Fsp3) is 0.320. The van der Waals surface area contributed by atoms with Crippen molar-refractivity contribution in [1.82, 2.24) is 14.9 Å². The molecule has 1 aromatic carbocycles. The zero-order valence-electron chi connectivity index (χ0n) is 17.0. The maximum atomic E-state index is 9.32. The molecule has 146 valence electrons. The number of aryl methyl sites for hydroxylation is 2. The second-order valence-electron chi connectivity index (χ2n) is 7.86. The minimum Gasteiger partial charge on any atom is -0.282 e. The molecule has 0 amide bonds. The average Bonchev–Trinajstić information content (AvgIpc) is 2.75. The fourth-order valence-electron chi connectivity index (χ4n) is 4.50. The highest BCUT2D eigenvalue weighted by Gasteiger charge is 2.35. The van der Waals surface area contributed by atoms with Crippen LogP contribution >= 0.6 is 0 Å². The number of piperidine rings is 1. The molecule has 1 saturated heterocycles. The van der Waals surface area contributed by atoms with Crippen LogP contribution < -0.4 is 0 Å². The Morgan fingerprint density at radius 2 is 1.55 bits per heavy atom. The van der Waals surface area contributed by atoms with Crippen molar-refractivity contribution in [3.63, 3.8) is 0 Å². The van der Waals surface area contributed by atoms with Gasteiger partial charge in [-0.2, -0.15) is 5.26 Å². The molecule has 0 bridgehead atoms. The number of aromatic nitrogens is 2. The van der Waals surface area contributed by atoms with Crippen molar-refractivity contribution in [1.29, 1.82) is 5.26 Å². The number of hydrogen-bond acceptors (Lipinski definition) is 4. The SMILES string of the molecule is Cc1cccnc1C1CCCC(c2ncccc2C)N1Cc1cccc(C#N)c1. The number of nitrogens with zero attached hydrogens (tertiary/aromatic N) is 4. The van der Waals surface area contributed by atoms with Crippen LogP contribution in [-0.2, 0) is 6.54 Å². The monoisotopic (exact) mass is 382 g/mol. The van der Waals surface area contributed by atoms with Gasteiger partial charge in [-0.15, -0.1) is 0 Å². The molecule has 2 atom stereocenters. The second-order valence-corrected chi connectivity index (χ2v) is 7.86. The van der Waals surface area contributed by atoms with Crippen LogP contribution in [0, 0.1) is 25.2 Å². The highest BCUT2D eigenvalue weighted by molar-refractivity contribution is 5.33. The van der Waals surface area contributed by atoms with Gasteiger partial charge < -0.3 is 0 Å². The maximum Gasteiger partial charge on any atom is 0.0991 e. The Hall–Kier alpha value is -3.03. The van der Waals surface area contributed by atoms with Crippen LogP contribution in [0.3, 0.4) is 0 Å². The summed E-state index contributed by atoms with van der Waals surface area (Å²) in [5, 5.41) is 9.32. The van der Waals surface area contributed by atoms with Crippen molar-refractivity contribution in [2.45, 2.75) is 51.7 Å². The molecular formula is C25H26N4. The number of benzene rings is 1. The van der Waals surface area contributed by atoms with Crippen LogP contribution in [0.2, 0.25) is 0 Å². The molecule has 29 heavy (non-hydrogen) atoms. The lowest BCUT2D eigenvalue weighted by atomic mass is 9.88. The van der Waals surface area contributed by atoms with E-state index in [1.807, 2.05) is 42.7 Å². The van der Waals surface area contributed by atoms with Crippen molar-refractivity contribution >= 4 is 0 Å². The third-order valence-corrected chi connectivity index (χ3v) is 5.91. The Morgan fingerprint density at radius 1 is 0.931 bits per heavy atom. The van der Waals surface area contributed by atoms with Gasteiger partial charge in [0.2, 0.25) is 0 Å². The molecule has 0 saturated carbocycles. The van der Waals surface area contributed by atoms with E-state index in [1.165, 1.54) is 11.1 Å². The van der Waals surface area contributed by atoms with Gasteiger partial charge in [0.25, 0.3) is 0 Å². The van der Waals surface area contributed by atoms with Crippen molar-refractivity contribution < 1.29 is 0 Å². The van der Waals surface area contributed by atoms with Crippen molar-refractivity contribution in [3.05, 3.63) is 94.6 Å². The Balaban J connectivity index is 1.77. The summed E-state index contributed by atoms with van der Waals surface area (Å²) in [6, 6.07) is 19.0. The molecule has 1 fully saturated rings. The number of hydrogen-bond donors (Lipinski definition) is 0. The smallest absolute Gasteiger partial charge is 0.0991 e. The summed E-state index contributed by atoms with van der Waals surface area (Å²) < 4.78 is 0. The van der Waals surface area contributed by atoms with E-state index >= 15 is 0 Å². The van der Waals surface area contributed by atoms with Crippen molar-refractivity contribution in [2.24, 2.45) is 0 Å². The lowest BCUT2D eigenvalue weighted by Crippen LogP contribution is -2.37. The van der Waals surface area contributed by atoms with Gasteiger partial charge in [-0.25, -0.2) is 0 Å². The van der Waals surface area contributed by atoms with Crippen LogP contribution in [0.4, 0.5) is 0 Å². The molecule has 3 heterocycles. The molecule has 0 radical (unpaired) electrons. The van der Waals surface area contributed by atoms with E-state index in [1.54, 1.807) is 0 Å². The molecule has 3 aromatic rings. The lowest BCUT2D eigenvalue weighted by Gasteiger charge is -2.42. The summed E-state index contributed by atoms with van der Waals surface area (Å²) in [7, 11) is 0. The predicted molar refractivity (Wildman–Crippen MR) is 114 cm³/mol. The van der Waals surface area contributed by atoms with Gasteiger partial charge in [0.1, 0.15) is 0 Å². The molecule has 4 rings (SSSR count). The Labute approximate surface area is 172 Å². The molecule has 1 aliphatic heterocycles. The van der Waals surface area contributed by atoms with Gasteiger partial charge in [0.15, 0.2) is 0 Å². The lowest BCUT2D eigenvalue weighted by molar-refractivity contribution is 0.0679. The van der Waals surface area contributed by atoms with Crippen LogP contribution in [0.1, 0.15) is 65.0 Å². The van der Waals surface area contributed by atoms with Gasteiger partial charge in [-0.3, -0.25) is 14.9 Å². The standard InChI is InChI=1S/C25H26N4/c1-18-7-5-13-27-24(18)22-11-4-12-23(25-19(2)8-6-14-28-25)29(22)17-21-10-3-9-20(15-21)16-26/h3,5-10,13-15,22-23H,4,11-12,17H2,1-2H3. The average molecular weight is 383 g/mol. The van der Waals surface area contributed by atoms with Crippen molar-refractivity contribution in [2.75, 3.05) is 0 Å². The molecule has 4 heteroatoms. The Morgan fingerprint density at radius 3 is 2.10 bits per heavy atom. The van der Waals surface area contributed by atoms with E-state index in [0.717, 1.165) is 42.8 Å².